The molecule has 0 atom stereocenters. The minimum absolute atomic E-state index is 0.126. The Balaban J connectivity index is 1.56. The monoisotopic (exact) mass is 418 g/mol. The molecule has 3 aromatic carbocycles. The molecule has 0 saturated heterocycles. The van der Waals surface area contributed by atoms with Crippen LogP contribution in [-0.4, -0.2) is 19.3 Å². The molecule has 2 N–H and O–H groups in total. The fraction of sp³-hybridized carbons (Fsp3) is 0.0435. The largest absolute Gasteiger partial charge is 0.321 e. The van der Waals surface area contributed by atoms with E-state index in [2.05, 4.69) is 10.3 Å². The lowest BCUT2D eigenvalue weighted by Gasteiger charge is -2.09. The van der Waals surface area contributed by atoms with E-state index in [0.717, 1.165) is 0 Å². The summed E-state index contributed by atoms with van der Waals surface area (Å²) in [5.41, 5.74) is 0.764. The first-order valence-corrected chi connectivity index (χ1v) is 10.9. The highest BCUT2D eigenvalue weighted by molar-refractivity contribution is 7.90. The van der Waals surface area contributed by atoms with Crippen molar-refractivity contribution in [2.24, 2.45) is 0 Å². The number of carbonyl (C=O) groups excluding carboxylic acids is 1. The topological polar surface area (TPSA) is 96.1 Å². The maximum Gasteiger partial charge on any atom is 0.272 e. The Morgan fingerprint density at radius 3 is 2.40 bits per heavy atom. The lowest BCUT2D eigenvalue weighted by atomic mass is 10.1. The van der Waals surface area contributed by atoms with Gasteiger partial charge in [0.15, 0.2) is 9.84 Å². The summed E-state index contributed by atoms with van der Waals surface area (Å²) in [6, 6.07) is 23.4. The number of pyridine rings is 1. The van der Waals surface area contributed by atoms with Crippen LogP contribution in [0.4, 0.5) is 5.69 Å². The third-order valence-electron chi connectivity index (χ3n) is 4.64. The number of sulfone groups is 1. The molecule has 0 unspecified atom stereocenters. The van der Waals surface area contributed by atoms with Gasteiger partial charge in [-0.3, -0.25) is 9.59 Å². The molecule has 1 heterocycles. The summed E-state index contributed by atoms with van der Waals surface area (Å²) in [5, 5.41) is 3.88. The quantitative estimate of drug-likeness (QED) is 0.516. The van der Waals surface area contributed by atoms with E-state index in [1.54, 1.807) is 84.9 Å². The van der Waals surface area contributed by atoms with E-state index in [1.807, 2.05) is 0 Å². The van der Waals surface area contributed by atoms with Crippen LogP contribution in [0.25, 0.3) is 10.8 Å². The number of anilines is 1. The summed E-state index contributed by atoms with van der Waals surface area (Å²) in [6.45, 7) is 0. The highest BCUT2D eigenvalue weighted by Gasteiger charge is 2.16. The first-order chi connectivity index (χ1) is 14.4. The zero-order chi connectivity index (χ0) is 21.1. The van der Waals surface area contributed by atoms with Crippen molar-refractivity contribution in [1.82, 2.24) is 4.98 Å². The van der Waals surface area contributed by atoms with Gasteiger partial charge < -0.3 is 10.3 Å². The minimum Gasteiger partial charge on any atom is -0.321 e. The fourth-order valence-electron chi connectivity index (χ4n) is 3.20. The van der Waals surface area contributed by atoms with Gasteiger partial charge in [-0.15, -0.1) is 0 Å². The van der Waals surface area contributed by atoms with Crippen LogP contribution in [-0.2, 0) is 15.6 Å². The highest BCUT2D eigenvalue weighted by atomic mass is 32.2. The smallest absolute Gasteiger partial charge is 0.272 e. The number of nitrogens with one attached hydrogen (secondary N) is 2. The first-order valence-electron chi connectivity index (χ1n) is 9.22. The van der Waals surface area contributed by atoms with Crippen molar-refractivity contribution in [3.63, 3.8) is 0 Å². The number of fused-ring (bicyclic) bond motifs is 1. The first kappa shape index (κ1) is 19.6. The predicted molar refractivity (Wildman–Crippen MR) is 116 cm³/mol. The maximum absolute atomic E-state index is 12.6. The minimum atomic E-state index is -3.50. The molecule has 0 aliphatic heterocycles. The second kappa shape index (κ2) is 7.96. The normalized spacial score (nSPS) is 11.3. The number of hydrogen-bond acceptors (Lipinski definition) is 4. The van der Waals surface area contributed by atoms with Gasteiger partial charge in [0.05, 0.1) is 10.6 Å². The summed E-state index contributed by atoms with van der Waals surface area (Å²) in [4.78, 5) is 27.7. The average Bonchev–Trinajstić information content (AvgIpc) is 2.74. The van der Waals surface area contributed by atoms with E-state index in [-0.39, 0.29) is 21.9 Å². The van der Waals surface area contributed by atoms with Crippen LogP contribution in [0, 0.1) is 0 Å². The standard InChI is InChI=1S/C23H18N2O4S/c26-22-20-12-5-4-8-17(20)14-21(25-22)23(27)24-18-9-6-7-16(13-18)15-30(28,29)19-10-2-1-3-11-19/h1-14H,15H2,(H,24,27)(H,25,26). The van der Waals surface area contributed by atoms with Crippen LogP contribution in [0.3, 0.4) is 0 Å². The van der Waals surface area contributed by atoms with E-state index >= 15 is 0 Å². The number of aromatic nitrogens is 1. The van der Waals surface area contributed by atoms with Crippen molar-refractivity contribution in [2.45, 2.75) is 10.6 Å². The van der Waals surface area contributed by atoms with Gasteiger partial charge in [-0.05, 0) is 47.3 Å². The summed E-state index contributed by atoms with van der Waals surface area (Å²) in [7, 11) is -3.50. The molecule has 1 amide bonds. The average molecular weight is 418 g/mol. The molecule has 7 heteroatoms. The summed E-state index contributed by atoms with van der Waals surface area (Å²) in [6.07, 6.45) is 0. The maximum atomic E-state index is 12.6. The van der Waals surface area contributed by atoms with E-state index in [4.69, 9.17) is 0 Å². The van der Waals surface area contributed by atoms with Gasteiger partial charge in [0, 0.05) is 11.1 Å². The zero-order valence-corrected chi connectivity index (χ0v) is 16.6. The van der Waals surface area contributed by atoms with Crippen LogP contribution in [0.15, 0.2) is 94.6 Å². The molecule has 4 rings (SSSR count). The third-order valence-corrected chi connectivity index (χ3v) is 6.35. The molecule has 150 valence electrons. The van der Waals surface area contributed by atoms with Crippen LogP contribution >= 0.6 is 0 Å². The number of amides is 1. The number of rotatable bonds is 5. The molecule has 0 aliphatic rings. The number of carbonyl (C=O) groups is 1. The molecule has 0 saturated carbocycles. The lowest BCUT2D eigenvalue weighted by molar-refractivity contribution is 0.102. The number of H-pyrrole nitrogens is 1. The third kappa shape index (κ3) is 4.16. The molecule has 0 spiro atoms. The van der Waals surface area contributed by atoms with Gasteiger partial charge in [0.25, 0.3) is 11.5 Å². The van der Waals surface area contributed by atoms with Crippen molar-refractivity contribution >= 4 is 32.2 Å². The predicted octanol–water partition coefficient (Wildman–Crippen LogP) is 3.75. The van der Waals surface area contributed by atoms with E-state index in [0.29, 0.717) is 22.0 Å². The fourth-order valence-corrected chi connectivity index (χ4v) is 4.56. The molecule has 0 fully saturated rings. The SMILES string of the molecule is O=C(Nc1cccc(CS(=O)(=O)c2ccccc2)c1)c1cc2ccccc2c(=O)[nH]1. The molecule has 1 aromatic heterocycles. The molecule has 30 heavy (non-hydrogen) atoms. The Kier molecular flexibility index (Phi) is 5.20. The van der Waals surface area contributed by atoms with E-state index in [9.17, 15) is 18.0 Å². The molecular formula is C23H18N2O4S. The molecule has 4 aromatic rings. The van der Waals surface area contributed by atoms with Crippen LogP contribution < -0.4 is 10.9 Å². The Morgan fingerprint density at radius 2 is 1.60 bits per heavy atom. The van der Waals surface area contributed by atoms with Crippen molar-refractivity contribution < 1.29 is 13.2 Å². The summed E-state index contributed by atoms with van der Waals surface area (Å²) < 4.78 is 25.2. The molecular weight excluding hydrogens is 400 g/mol. The van der Waals surface area contributed by atoms with Gasteiger partial charge in [0.1, 0.15) is 5.69 Å². The van der Waals surface area contributed by atoms with Gasteiger partial charge in [0.2, 0.25) is 0 Å². The second-order valence-electron chi connectivity index (χ2n) is 6.83. The molecule has 0 radical (unpaired) electrons. The van der Waals surface area contributed by atoms with Crippen LogP contribution in [0.2, 0.25) is 0 Å². The molecule has 0 aliphatic carbocycles. The number of hydrogen-bond donors (Lipinski definition) is 2. The van der Waals surface area contributed by atoms with Gasteiger partial charge >= 0.3 is 0 Å². The second-order valence-corrected chi connectivity index (χ2v) is 8.82. The zero-order valence-electron chi connectivity index (χ0n) is 15.8. The molecule has 0 bridgehead atoms. The van der Waals surface area contributed by atoms with Crippen LogP contribution in [0.5, 0.6) is 0 Å². The summed E-state index contributed by atoms with van der Waals surface area (Å²) in [5.74, 6) is -0.672. The highest BCUT2D eigenvalue weighted by Crippen LogP contribution is 2.19. The summed E-state index contributed by atoms with van der Waals surface area (Å²) >= 11 is 0. The Labute approximate surface area is 173 Å². The Hall–Kier alpha value is -3.71. The van der Waals surface area contributed by atoms with Gasteiger partial charge in [-0.2, -0.15) is 0 Å². The lowest BCUT2D eigenvalue weighted by Crippen LogP contribution is -2.19. The van der Waals surface area contributed by atoms with Crippen LogP contribution in [0.1, 0.15) is 16.1 Å². The Bertz CT molecular complexity index is 1390. The van der Waals surface area contributed by atoms with Crippen molar-refractivity contribution in [3.05, 3.63) is 107 Å². The van der Waals surface area contributed by atoms with Crippen molar-refractivity contribution in [3.8, 4) is 0 Å². The van der Waals surface area contributed by atoms with E-state index < -0.39 is 15.7 Å². The van der Waals surface area contributed by atoms with Crippen molar-refractivity contribution in [1.29, 1.82) is 0 Å². The molecule has 6 nitrogen and oxygen atoms in total. The van der Waals surface area contributed by atoms with Crippen molar-refractivity contribution in [2.75, 3.05) is 5.32 Å². The van der Waals surface area contributed by atoms with Gasteiger partial charge in [-0.25, -0.2) is 8.42 Å². The number of aromatic amines is 1. The van der Waals surface area contributed by atoms with Gasteiger partial charge in [-0.1, -0.05) is 48.5 Å². The van der Waals surface area contributed by atoms with E-state index in [1.165, 1.54) is 0 Å². The Morgan fingerprint density at radius 1 is 0.867 bits per heavy atom. The number of benzene rings is 3.